The van der Waals surface area contributed by atoms with Crippen LogP contribution in [-0.4, -0.2) is 24.4 Å². The molecule has 2 rings (SSSR count). The van der Waals surface area contributed by atoms with Crippen molar-refractivity contribution in [2.75, 3.05) is 11.9 Å². The van der Waals surface area contributed by atoms with Crippen LogP contribution in [0.1, 0.15) is 37.8 Å². The van der Waals surface area contributed by atoms with Crippen LogP contribution in [0.25, 0.3) is 0 Å². The van der Waals surface area contributed by atoms with Gasteiger partial charge in [-0.2, -0.15) is 0 Å². The second kappa shape index (κ2) is 6.66. The van der Waals surface area contributed by atoms with E-state index in [1.165, 1.54) is 6.07 Å². The lowest BCUT2D eigenvalue weighted by molar-refractivity contribution is -0.119. The number of carbonyl (C=O) groups excluding carboxylic acids is 3. The van der Waals surface area contributed by atoms with E-state index in [4.69, 9.17) is 14.9 Å². The maximum Gasteiger partial charge on any atom is 0.342 e. The molecule has 0 aliphatic rings. The highest BCUT2D eigenvalue weighted by molar-refractivity contribution is 7.14. The lowest BCUT2D eigenvalue weighted by Gasteiger charge is -2.06. The number of aryl methyl sites for hydroxylation is 2. The van der Waals surface area contributed by atoms with Gasteiger partial charge in [0.2, 0.25) is 0 Å². The maximum absolute atomic E-state index is 12.0. The normalized spacial score (nSPS) is 10.4. The highest BCUT2D eigenvalue weighted by Crippen LogP contribution is 2.23. The summed E-state index contributed by atoms with van der Waals surface area (Å²) in [6.45, 7) is 4.67. The minimum absolute atomic E-state index is 0.215. The fraction of sp³-hybridized carbons (Fsp3) is 0.267. The van der Waals surface area contributed by atoms with Crippen LogP contribution in [0.5, 0.6) is 0 Å². The molecule has 7 nitrogen and oxygen atoms in total. The Bertz CT molecular complexity index is 775. The van der Waals surface area contributed by atoms with Gasteiger partial charge in [-0.1, -0.05) is 0 Å². The van der Waals surface area contributed by atoms with Gasteiger partial charge in [-0.15, -0.1) is 11.3 Å². The van der Waals surface area contributed by atoms with Gasteiger partial charge in [0.05, 0.1) is 5.56 Å². The number of furan rings is 1. The van der Waals surface area contributed by atoms with Gasteiger partial charge in [0.1, 0.15) is 22.1 Å². The maximum atomic E-state index is 12.0. The lowest BCUT2D eigenvalue weighted by Crippen LogP contribution is -2.22. The standard InChI is InChI=1S/C15H16N2O5S/c1-7-8(2)22-9(3)12(7)15(20)21-6-11(18)17-14-10(13(16)19)4-5-23-14/h4-5H,6H2,1-3H3,(H2,16,19)(H,17,18). The van der Waals surface area contributed by atoms with Crippen LogP contribution in [0.3, 0.4) is 0 Å². The van der Waals surface area contributed by atoms with Gasteiger partial charge in [0.15, 0.2) is 6.61 Å². The number of nitrogens with one attached hydrogen (secondary N) is 1. The third-order valence-corrected chi connectivity index (χ3v) is 4.11. The number of amides is 2. The van der Waals surface area contributed by atoms with Gasteiger partial charge in [-0.25, -0.2) is 4.79 Å². The van der Waals surface area contributed by atoms with Crippen molar-refractivity contribution in [3.05, 3.63) is 39.7 Å². The summed E-state index contributed by atoms with van der Waals surface area (Å²) in [6.07, 6.45) is 0. The van der Waals surface area contributed by atoms with E-state index in [1.807, 2.05) is 0 Å². The van der Waals surface area contributed by atoms with Crippen molar-refractivity contribution >= 4 is 34.1 Å². The predicted molar refractivity (Wildman–Crippen MR) is 84.7 cm³/mol. The van der Waals surface area contributed by atoms with Gasteiger partial charge in [-0.3, -0.25) is 9.59 Å². The van der Waals surface area contributed by atoms with Crippen LogP contribution >= 0.6 is 11.3 Å². The number of ether oxygens (including phenoxy) is 1. The molecule has 0 fully saturated rings. The van der Waals surface area contributed by atoms with Gasteiger partial charge in [0.25, 0.3) is 11.8 Å². The summed E-state index contributed by atoms with van der Waals surface area (Å²) in [6, 6.07) is 1.51. The summed E-state index contributed by atoms with van der Waals surface area (Å²) in [5.41, 5.74) is 6.41. The number of primary amides is 1. The molecule has 0 saturated heterocycles. The average Bonchev–Trinajstić information content (AvgIpc) is 3.02. The number of esters is 1. The smallest absolute Gasteiger partial charge is 0.342 e. The monoisotopic (exact) mass is 336 g/mol. The molecule has 0 saturated carbocycles. The summed E-state index contributed by atoms with van der Waals surface area (Å²) in [5, 5.41) is 4.44. The predicted octanol–water partition coefficient (Wildman–Crippen LogP) is 2.16. The van der Waals surface area contributed by atoms with Crippen molar-refractivity contribution in [2.24, 2.45) is 5.73 Å². The van der Waals surface area contributed by atoms with Gasteiger partial charge in [-0.05, 0) is 32.2 Å². The van der Waals surface area contributed by atoms with E-state index in [9.17, 15) is 14.4 Å². The molecule has 0 unspecified atom stereocenters. The average molecular weight is 336 g/mol. The van der Waals surface area contributed by atoms with Crippen molar-refractivity contribution < 1.29 is 23.5 Å². The van der Waals surface area contributed by atoms with Gasteiger partial charge < -0.3 is 20.2 Å². The molecule has 2 amide bonds. The quantitative estimate of drug-likeness (QED) is 0.813. The van der Waals surface area contributed by atoms with Crippen LogP contribution in [0.4, 0.5) is 5.00 Å². The first-order valence-electron chi connectivity index (χ1n) is 6.72. The Balaban J connectivity index is 1.98. The van der Waals surface area contributed by atoms with Crippen LogP contribution < -0.4 is 11.1 Å². The molecule has 2 aromatic rings. The fourth-order valence-electron chi connectivity index (χ4n) is 2.06. The van der Waals surface area contributed by atoms with Crippen LogP contribution in [-0.2, 0) is 9.53 Å². The summed E-state index contributed by atoms with van der Waals surface area (Å²) in [7, 11) is 0. The summed E-state index contributed by atoms with van der Waals surface area (Å²) in [5.74, 6) is -0.755. The Morgan fingerprint density at radius 3 is 2.52 bits per heavy atom. The topological polar surface area (TPSA) is 112 Å². The second-order valence-electron chi connectivity index (χ2n) is 4.87. The third kappa shape index (κ3) is 3.59. The molecule has 0 bridgehead atoms. The van der Waals surface area contributed by atoms with Crippen LogP contribution in [0.15, 0.2) is 15.9 Å². The van der Waals surface area contributed by atoms with Gasteiger partial charge >= 0.3 is 5.97 Å². The Morgan fingerprint density at radius 2 is 1.96 bits per heavy atom. The van der Waals surface area contributed by atoms with E-state index < -0.39 is 24.4 Å². The van der Waals surface area contributed by atoms with Crippen molar-refractivity contribution in [1.82, 2.24) is 0 Å². The Kier molecular flexibility index (Phi) is 4.85. The Hall–Kier alpha value is -2.61. The number of rotatable bonds is 5. The molecule has 0 aliphatic heterocycles. The van der Waals surface area contributed by atoms with E-state index in [2.05, 4.69) is 5.32 Å². The van der Waals surface area contributed by atoms with E-state index in [0.717, 1.165) is 11.3 Å². The molecule has 3 N–H and O–H groups in total. The zero-order valence-electron chi connectivity index (χ0n) is 12.9. The lowest BCUT2D eigenvalue weighted by atomic mass is 10.1. The van der Waals surface area contributed by atoms with E-state index >= 15 is 0 Å². The van der Waals surface area contributed by atoms with Crippen molar-refractivity contribution in [1.29, 1.82) is 0 Å². The first-order chi connectivity index (χ1) is 10.8. The highest BCUT2D eigenvalue weighted by atomic mass is 32.1. The van der Waals surface area contributed by atoms with Crippen molar-refractivity contribution in [3.63, 3.8) is 0 Å². The second-order valence-corrected chi connectivity index (χ2v) is 5.78. The zero-order valence-corrected chi connectivity index (χ0v) is 13.7. The largest absolute Gasteiger partial charge is 0.465 e. The van der Waals surface area contributed by atoms with E-state index in [-0.39, 0.29) is 5.56 Å². The molecule has 23 heavy (non-hydrogen) atoms. The molecule has 122 valence electrons. The first kappa shape index (κ1) is 16.8. The van der Waals surface area contributed by atoms with Crippen LogP contribution in [0.2, 0.25) is 0 Å². The minimum atomic E-state index is -0.640. The first-order valence-corrected chi connectivity index (χ1v) is 7.60. The third-order valence-electron chi connectivity index (χ3n) is 3.28. The molecular weight excluding hydrogens is 320 g/mol. The molecule has 0 radical (unpaired) electrons. The number of hydrogen-bond donors (Lipinski definition) is 2. The number of hydrogen-bond acceptors (Lipinski definition) is 6. The SMILES string of the molecule is Cc1oc(C)c(C(=O)OCC(=O)Nc2sccc2C(N)=O)c1C. The molecular formula is C15H16N2O5S. The van der Waals surface area contributed by atoms with E-state index in [1.54, 1.807) is 26.2 Å². The molecule has 8 heteroatoms. The zero-order chi connectivity index (χ0) is 17.1. The fourth-order valence-corrected chi connectivity index (χ4v) is 2.87. The van der Waals surface area contributed by atoms with Crippen LogP contribution in [0, 0.1) is 20.8 Å². The molecule has 0 spiro atoms. The Morgan fingerprint density at radius 1 is 1.26 bits per heavy atom. The molecule has 2 aromatic heterocycles. The summed E-state index contributed by atoms with van der Waals surface area (Å²) >= 11 is 1.16. The van der Waals surface area contributed by atoms with Crippen molar-refractivity contribution in [2.45, 2.75) is 20.8 Å². The number of thiophene rings is 1. The number of carbonyl (C=O) groups is 3. The van der Waals surface area contributed by atoms with E-state index in [0.29, 0.717) is 27.6 Å². The molecule has 0 atom stereocenters. The van der Waals surface area contributed by atoms with Gasteiger partial charge in [0, 0.05) is 5.56 Å². The van der Waals surface area contributed by atoms with Crippen molar-refractivity contribution in [3.8, 4) is 0 Å². The summed E-state index contributed by atoms with van der Waals surface area (Å²) < 4.78 is 10.3. The highest BCUT2D eigenvalue weighted by Gasteiger charge is 2.21. The molecule has 2 heterocycles. The molecule has 0 aliphatic carbocycles. The molecule has 0 aromatic carbocycles. The number of nitrogens with two attached hydrogens (primary N) is 1. The Labute approximate surface area is 136 Å². The summed E-state index contributed by atoms with van der Waals surface area (Å²) in [4.78, 5) is 35.1. The number of anilines is 1. The minimum Gasteiger partial charge on any atom is -0.465 e.